The van der Waals surface area contributed by atoms with Crippen LogP contribution in [0.3, 0.4) is 0 Å². The summed E-state index contributed by atoms with van der Waals surface area (Å²) in [5.41, 5.74) is 1.61. The van der Waals surface area contributed by atoms with Crippen LogP contribution < -0.4 is 0 Å². The molecule has 16 heavy (non-hydrogen) atoms. The van der Waals surface area contributed by atoms with E-state index in [2.05, 4.69) is 24.2 Å². The lowest BCUT2D eigenvalue weighted by atomic mass is 10.2. The first-order valence-corrected chi connectivity index (χ1v) is 6.17. The lowest BCUT2D eigenvalue weighted by molar-refractivity contribution is 0.277. The van der Waals surface area contributed by atoms with Crippen LogP contribution >= 0.6 is 11.3 Å². The van der Waals surface area contributed by atoms with Gasteiger partial charge in [-0.2, -0.15) is 0 Å². The van der Waals surface area contributed by atoms with Crippen molar-refractivity contribution < 1.29 is 5.11 Å². The zero-order valence-electron chi connectivity index (χ0n) is 9.42. The van der Waals surface area contributed by atoms with Crippen LogP contribution in [0.2, 0.25) is 0 Å². The van der Waals surface area contributed by atoms with Gasteiger partial charge in [0.25, 0.3) is 0 Å². The molecule has 1 N–H and O–H groups in total. The van der Waals surface area contributed by atoms with E-state index < -0.39 is 0 Å². The standard InChI is InChI=1S/C11H15N3OS/c1-8(2)6-14-11(9(7-15)12-13-14)10-4-3-5-16-10/h3-5,8,15H,6-7H2,1-2H3. The van der Waals surface area contributed by atoms with Crippen molar-refractivity contribution >= 4 is 11.3 Å². The van der Waals surface area contributed by atoms with Gasteiger partial charge in [-0.1, -0.05) is 25.1 Å². The molecule has 86 valence electrons. The SMILES string of the molecule is CC(C)Cn1nnc(CO)c1-c1cccs1. The predicted octanol–water partition coefficient (Wildman–Crippen LogP) is 2.15. The molecule has 0 aliphatic carbocycles. The van der Waals surface area contributed by atoms with E-state index in [4.69, 9.17) is 0 Å². The van der Waals surface area contributed by atoms with Crippen LogP contribution in [0.4, 0.5) is 0 Å². The van der Waals surface area contributed by atoms with Crippen LogP contribution in [0.5, 0.6) is 0 Å². The molecule has 2 heterocycles. The Balaban J connectivity index is 2.43. The molecule has 0 amide bonds. The largest absolute Gasteiger partial charge is 0.390 e. The molecule has 0 saturated heterocycles. The fraction of sp³-hybridized carbons (Fsp3) is 0.455. The molecule has 0 radical (unpaired) electrons. The van der Waals surface area contributed by atoms with Gasteiger partial charge in [-0.15, -0.1) is 16.4 Å². The Hall–Kier alpha value is -1.20. The molecule has 2 aromatic heterocycles. The summed E-state index contributed by atoms with van der Waals surface area (Å²) in [6.45, 7) is 5.03. The summed E-state index contributed by atoms with van der Waals surface area (Å²) in [5, 5.41) is 19.4. The molecule has 0 spiro atoms. The van der Waals surface area contributed by atoms with Gasteiger partial charge >= 0.3 is 0 Å². The summed E-state index contributed by atoms with van der Waals surface area (Å²) < 4.78 is 1.88. The minimum atomic E-state index is -0.0642. The van der Waals surface area contributed by atoms with Gasteiger partial charge in [-0.3, -0.25) is 0 Å². The normalized spacial score (nSPS) is 11.2. The van der Waals surface area contributed by atoms with E-state index in [0.29, 0.717) is 11.6 Å². The molecule has 0 bridgehead atoms. The Morgan fingerprint density at radius 3 is 2.88 bits per heavy atom. The maximum Gasteiger partial charge on any atom is 0.117 e. The number of aromatic nitrogens is 3. The van der Waals surface area contributed by atoms with Gasteiger partial charge in [-0.25, -0.2) is 4.68 Å². The van der Waals surface area contributed by atoms with Crippen LogP contribution in [-0.4, -0.2) is 20.1 Å². The van der Waals surface area contributed by atoms with Crippen LogP contribution in [-0.2, 0) is 13.2 Å². The zero-order valence-corrected chi connectivity index (χ0v) is 10.2. The van der Waals surface area contributed by atoms with Crippen molar-refractivity contribution in [2.24, 2.45) is 5.92 Å². The number of hydrogen-bond donors (Lipinski definition) is 1. The second kappa shape index (κ2) is 4.76. The molecule has 0 fully saturated rings. The minimum Gasteiger partial charge on any atom is -0.390 e. The van der Waals surface area contributed by atoms with E-state index in [1.54, 1.807) is 11.3 Å². The van der Waals surface area contributed by atoms with E-state index >= 15 is 0 Å². The fourth-order valence-electron chi connectivity index (χ4n) is 1.61. The third-order valence-electron chi connectivity index (χ3n) is 2.25. The second-order valence-electron chi connectivity index (χ2n) is 4.10. The third-order valence-corrected chi connectivity index (χ3v) is 3.12. The molecule has 2 rings (SSSR count). The molecule has 0 atom stereocenters. The minimum absolute atomic E-state index is 0.0642. The molecule has 2 aromatic rings. The summed E-state index contributed by atoms with van der Waals surface area (Å²) in [6, 6.07) is 4.02. The first-order chi connectivity index (χ1) is 7.72. The van der Waals surface area contributed by atoms with Crippen LogP contribution in [0.15, 0.2) is 17.5 Å². The lowest BCUT2D eigenvalue weighted by Gasteiger charge is -2.08. The van der Waals surface area contributed by atoms with Crippen LogP contribution in [0.25, 0.3) is 10.6 Å². The quantitative estimate of drug-likeness (QED) is 0.886. The van der Waals surface area contributed by atoms with Crippen molar-refractivity contribution in [2.75, 3.05) is 0 Å². The van der Waals surface area contributed by atoms with Crippen molar-refractivity contribution in [3.05, 3.63) is 23.2 Å². The summed E-state index contributed by atoms with van der Waals surface area (Å²) in [4.78, 5) is 1.11. The molecule has 0 aromatic carbocycles. The number of hydrogen-bond acceptors (Lipinski definition) is 4. The van der Waals surface area contributed by atoms with Gasteiger partial charge in [0.2, 0.25) is 0 Å². The summed E-state index contributed by atoms with van der Waals surface area (Å²) >= 11 is 1.64. The van der Waals surface area contributed by atoms with E-state index in [9.17, 15) is 5.11 Å². The Morgan fingerprint density at radius 2 is 2.31 bits per heavy atom. The number of rotatable bonds is 4. The highest BCUT2D eigenvalue weighted by Crippen LogP contribution is 2.27. The molecule has 5 heteroatoms. The van der Waals surface area contributed by atoms with E-state index in [1.807, 2.05) is 22.2 Å². The summed E-state index contributed by atoms with van der Waals surface area (Å²) in [5.74, 6) is 0.506. The van der Waals surface area contributed by atoms with Gasteiger partial charge in [0.15, 0.2) is 0 Å². The van der Waals surface area contributed by atoms with E-state index in [0.717, 1.165) is 17.1 Å². The Kier molecular flexibility index (Phi) is 3.36. The summed E-state index contributed by atoms with van der Waals surface area (Å²) in [6.07, 6.45) is 0. The van der Waals surface area contributed by atoms with Crippen molar-refractivity contribution in [3.63, 3.8) is 0 Å². The monoisotopic (exact) mass is 237 g/mol. The maximum absolute atomic E-state index is 9.25. The van der Waals surface area contributed by atoms with Crippen molar-refractivity contribution in [1.29, 1.82) is 0 Å². The van der Waals surface area contributed by atoms with Gasteiger partial charge in [-0.05, 0) is 17.4 Å². The van der Waals surface area contributed by atoms with Gasteiger partial charge in [0.05, 0.1) is 11.5 Å². The second-order valence-corrected chi connectivity index (χ2v) is 5.04. The maximum atomic E-state index is 9.25. The third kappa shape index (κ3) is 2.15. The molecule has 0 aliphatic rings. The van der Waals surface area contributed by atoms with Crippen LogP contribution in [0, 0.1) is 5.92 Å². The van der Waals surface area contributed by atoms with Gasteiger partial charge in [0, 0.05) is 6.54 Å². The van der Waals surface area contributed by atoms with Crippen molar-refractivity contribution in [3.8, 4) is 10.6 Å². The average Bonchev–Trinajstić information content (AvgIpc) is 2.84. The Labute approximate surface area is 98.5 Å². The molecular weight excluding hydrogens is 222 g/mol. The number of aliphatic hydroxyl groups excluding tert-OH is 1. The first-order valence-electron chi connectivity index (χ1n) is 5.29. The van der Waals surface area contributed by atoms with Gasteiger partial charge < -0.3 is 5.11 Å². The number of nitrogens with zero attached hydrogens (tertiary/aromatic N) is 3. The number of aliphatic hydroxyl groups is 1. The van der Waals surface area contributed by atoms with Gasteiger partial charge in [0.1, 0.15) is 11.4 Å². The zero-order chi connectivity index (χ0) is 11.5. The summed E-state index contributed by atoms with van der Waals surface area (Å²) in [7, 11) is 0. The Morgan fingerprint density at radius 1 is 1.50 bits per heavy atom. The van der Waals surface area contributed by atoms with Crippen molar-refractivity contribution in [1.82, 2.24) is 15.0 Å². The Bertz CT molecular complexity index is 448. The average molecular weight is 237 g/mol. The molecule has 0 unspecified atom stereocenters. The fourth-order valence-corrected chi connectivity index (χ4v) is 2.41. The van der Waals surface area contributed by atoms with Crippen LogP contribution in [0.1, 0.15) is 19.5 Å². The molecule has 0 aliphatic heterocycles. The van der Waals surface area contributed by atoms with E-state index in [1.165, 1.54) is 0 Å². The number of thiophene rings is 1. The smallest absolute Gasteiger partial charge is 0.117 e. The topological polar surface area (TPSA) is 50.9 Å². The molecule has 0 saturated carbocycles. The predicted molar refractivity (Wildman–Crippen MR) is 64.1 cm³/mol. The lowest BCUT2D eigenvalue weighted by Crippen LogP contribution is -2.07. The molecular formula is C11H15N3OS. The van der Waals surface area contributed by atoms with E-state index in [-0.39, 0.29) is 6.61 Å². The van der Waals surface area contributed by atoms with Crippen molar-refractivity contribution in [2.45, 2.75) is 27.0 Å². The first kappa shape index (κ1) is 11.3. The highest BCUT2D eigenvalue weighted by Gasteiger charge is 2.15. The molecule has 4 nitrogen and oxygen atoms in total. The highest BCUT2D eigenvalue weighted by atomic mass is 32.1. The highest BCUT2D eigenvalue weighted by molar-refractivity contribution is 7.13.